The van der Waals surface area contributed by atoms with E-state index in [0.29, 0.717) is 15.6 Å². The summed E-state index contributed by atoms with van der Waals surface area (Å²) in [5.74, 6) is -0.110. The molecule has 1 heterocycles. The molecule has 3 nitrogen and oxygen atoms in total. The Labute approximate surface area is 121 Å². The number of thiophene rings is 1. The second-order valence-electron chi connectivity index (χ2n) is 4.25. The standard InChI is InChI=1S/C14H14N2OS2/c1-8-6-12(19-9(8)2)14(17)16-11-5-3-4-10(7-11)13(15)18/h3-7H,1-2H3,(H2,15,18)(H,16,17). The van der Waals surface area contributed by atoms with Crippen molar-refractivity contribution in [2.45, 2.75) is 13.8 Å². The lowest BCUT2D eigenvalue weighted by Crippen LogP contribution is -2.12. The highest BCUT2D eigenvalue weighted by molar-refractivity contribution is 7.80. The summed E-state index contributed by atoms with van der Waals surface area (Å²) < 4.78 is 0. The van der Waals surface area contributed by atoms with Crippen molar-refractivity contribution in [3.05, 3.63) is 51.2 Å². The van der Waals surface area contributed by atoms with Crippen molar-refractivity contribution in [2.24, 2.45) is 5.73 Å². The summed E-state index contributed by atoms with van der Waals surface area (Å²) >= 11 is 6.41. The third kappa shape index (κ3) is 3.19. The minimum absolute atomic E-state index is 0.110. The molecule has 0 unspecified atom stereocenters. The molecule has 19 heavy (non-hydrogen) atoms. The van der Waals surface area contributed by atoms with Gasteiger partial charge in [0.15, 0.2) is 0 Å². The first-order valence-electron chi connectivity index (χ1n) is 5.75. The van der Waals surface area contributed by atoms with E-state index in [1.165, 1.54) is 11.3 Å². The fourth-order valence-electron chi connectivity index (χ4n) is 1.63. The maximum atomic E-state index is 12.1. The van der Waals surface area contributed by atoms with E-state index >= 15 is 0 Å². The van der Waals surface area contributed by atoms with Crippen LogP contribution in [0.1, 0.15) is 25.7 Å². The van der Waals surface area contributed by atoms with Crippen LogP contribution in [0.5, 0.6) is 0 Å². The largest absolute Gasteiger partial charge is 0.389 e. The normalized spacial score (nSPS) is 10.2. The summed E-state index contributed by atoms with van der Waals surface area (Å²) in [4.78, 5) is 14.3. The first-order valence-corrected chi connectivity index (χ1v) is 6.98. The third-order valence-corrected chi connectivity index (χ3v) is 4.18. The van der Waals surface area contributed by atoms with E-state index < -0.39 is 0 Å². The fraction of sp³-hybridized carbons (Fsp3) is 0.143. The number of hydrogen-bond acceptors (Lipinski definition) is 3. The molecule has 2 rings (SSSR count). The number of nitrogens with two attached hydrogens (primary N) is 1. The van der Waals surface area contributed by atoms with Crippen LogP contribution in [0.4, 0.5) is 5.69 Å². The molecule has 0 radical (unpaired) electrons. The Morgan fingerprint density at radius 2 is 2.05 bits per heavy atom. The molecule has 3 N–H and O–H groups in total. The molecule has 1 aromatic heterocycles. The number of carbonyl (C=O) groups excluding carboxylic acids is 1. The number of thiocarbonyl (C=S) groups is 1. The number of nitrogens with one attached hydrogen (secondary N) is 1. The summed E-state index contributed by atoms with van der Waals surface area (Å²) in [5.41, 5.74) is 8.14. The number of anilines is 1. The van der Waals surface area contributed by atoms with Gasteiger partial charge < -0.3 is 11.1 Å². The Bertz CT molecular complexity index is 627. The predicted octanol–water partition coefficient (Wildman–Crippen LogP) is 3.25. The van der Waals surface area contributed by atoms with Gasteiger partial charge in [0.2, 0.25) is 0 Å². The maximum Gasteiger partial charge on any atom is 0.265 e. The smallest absolute Gasteiger partial charge is 0.265 e. The van der Waals surface area contributed by atoms with Crippen LogP contribution in [-0.2, 0) is 0 Å². The Morgan fingerprint density at radius 3 is 2.63 bits per heavy atom. The van der Waals surface area contributed by atoms with E-state index in [9.17, 15) is 4.79 Å². The zero-order valence-electron chi connectivity index (χ0n) is 10.7. The number of carbonyl (C=O) groups is 1. The lowest BCUT2D eigenvalue weighted by molar-refractivity contribution is 0.103. The van der Waals surface area contributed by atoms with Crippen LogP contribution in [0.2, 0.25) is 0 Å². The van der Waals surface area contributed by atoms with E-state index in [-0.39, 0.29) is 5.91 Å². The highest BCUT2D eigenvalue weighted by Crippen LogP contribution is 2.22. The molecule has 1 aromatic carbocycles. The molecule has 0 saturated carbocycles. The van der Waals surface area contributed by atoms with Gasteiger partial charge in [0.05, 0.1) is 4.88 Å². The van der Waals surface area contributed by atoms with Gasteiger partial charge in [-0.2, -0.15) is 0 Å². The number of benzene rings is 1. The Hall–Kier alpha value is -1.72. The van der Waals surface area contributed by atoms with Gasteiger partial charge in [0.1, 0.15) is 4.99 Å². The second-order valence-corrected chi connectivity index (χ2v) is 5.95. The number of amides is 1. The minimum Gasteiger partial charge on any atom is -0.389 e. The zero-order chi connectivity index (χ0) is 14.0. The van der Waals surface area contributed by atoms with Gasteiger partial charge in [0, 0.05) is 16.1 Å². The number of hydrogen-bond donors (Lipinski definition) is 2. The quantitative estimate of drug-likeness (QED) is 0.853. The summed E-state index contributed by atoms with van der Waals surface area (Å²) in [6.45, 7) is 4.00. The molecule has 0 spiro atoms. The lowest BCUT2D eigenvalue weighted by Gasteiger charge is -2.05. The van der Waals surface area contributed by atoms with Crippen molar-refractivity contribution in [3.63, 3.8) is 0 Å². The van der Waals surface area contributed by atoms with E-state index in [1.54, 1.807) is 6.07 Å². The highest BCUT2D eigenvalue weighted by atomic mass is 32.1. The molecular weight excluding hydrogens is 276 g/mol. The average molecular weight is 290 g/mol. The van der Waals surface area contributed by atoms with Crippen LogP contribution in [0.25, 0.3) is 0 Å². The summed E-state index contributed by atoms with van der Waals surface area (Å²) in [5, 5.41) is 2.85. The van der Waals surface area contributed by atoms with Crippen LogP contribution >= 0.6 is 23.6 Å². The van der Waals surface area contributed by atoms with Crippen LogP contribution in [0.15, 0.2) is 30.3 Å². The van der Waals surface area contributed by atoms with Gasteiger partial charge in [-0.3, -0.25) is 4.79 Å². The molecular formula is C14H14N2OS2. The maximum absolute atomic E-state index is 12.1. The Morgan fingerprint density at radius 1 is 1.32 bits per heavy atom. The predicted molar refractivity (Wildman–Crippen MR) is 84.1 cm³/mol. The van der Waals surface area contributed by atoms with Crippen LogP contribution in [-0.4, -0.2) is 10.9 Å². The molecule has 0 aliphatic rings. The van der Waals surface area contributed by atoms with Crippen LogP contribution < -0.4 is 11.1 Å². The van der Waals surface area contributed by atoms with Gasteiger partial charge in [0.25, 0.3) is 5.91 Å². The van der Waals surface area contributed by atoms with Crippen LogP contribution in [0.3, 0.4) is 0 Å². The molecule has 0 aliphatic carbocycles. The van der Waals surface area contributed by atoms with Gasteiger partial charge in [-0.1, -0.05) is 24.4 Å². The highest BCUT2D eigenvalue weighted by Gasteiger charge is 2.11. The van der Waals surface area contributed by atoms with E-state index in [2.05, 4.69) is 5.32 Å². The molecule has 0 saturated heterocycles. The summed E-state index contributed by atoms with van der Waals surface area (Å²) in [6.07, 6.45) is 0. The minimum atomic E-state index is -0.110. The number of rotatable bonds is 3. The topological polar surface area (TPSA) is 55.1 Å². The molecule has 0 bridgehead atoms. The SMILES string of the molecule is Cc1cc(C(=O)Nc2cccc(C(N)=S)c2)sc1C. The van der Waals surface area contributed by atoms with Crippen molar-refractivity contribution >= 4 is 40.1 Å². The molecule has 0 atom stereocenters. The van der Waals surface area contributed by atoms with Gasteiger partial charge >= 0.3 is 0 Å². The second kappa shape index (κ2) is 5.50. The van der Waals surface area contributed by atoms with Crippen molar-refractivity contribution in [2.75, 3.05) is 5.32 Å². The summed E-state index contributed by atoms with van der Waals surface area (Å²) in [7, 11) is 0. The van der Waals surface area contributed by atoms with E-state index in [4.69, 9.17) is 18.0 Å². The first-order chi connectivity index (χ1) is 8.97. The Kier molecular flexibility index (Phi) is 3.97. The first kappa shape index (κ1) is 13.7. The molecule has 1 amide bonds. The molecule has 0 fully saturated rings. The fourth-order valence-corrected chi connectivity index (χ4v) is 2.68. The van der Waals surface area contributed by atoms with Gasteiger partial charge in [-0.25, -0.2) is 0 Å². The summed E-state index contributed by atoms with van der Waals surface area (Å²) in [6, 6.07) is 9.11. The van der Waals surface area contributed by atoms with Gasteiger partial charge in [-0.05, 0) is 37.6 Å². The van der Waals surface area contributed by atoms with Crippen molar-refractivity contribution in [1.29, 1.82) is 0 Å². The monoisotopic (exact) mass is 290 g/mol. The van der Waals surface area contributed by atoms with E-state index in [1.807, 2.05) is 38.1 Å². The Balaban J connectivity index is 2.19. The average Bonchev–Trinajstić information content (AvgIpc) is 2.70. The van der Waals surface area contributed by atoms with Crippen LogP contribution in [0, 0.1) is 13.8 Å². The molecule has 2 aromatic rings. The van der Waals surface area contributed by atoms with Crippen molar-refractivity contribution in [1.82, 2.24) is 0 Å². The zero-order valence-corrected chi connectivity index (χ0v) is 12.3. The third-order valence-electron chi connectivity index (χ3n) is 2.79. The van der Waals surface area contributed by atoms with Crippen molar-refractivity contribution < 1.29 is 4.79 Å². The van der Waals surface area contributed by atoms with Gasteiger partial charge in [-0.15, -0.1) is 11.3 Å². The molecule has 98 valence electrons. The van der Waals surface area contributed by atoms with E-state index in [0.717, 1.165) is 16.0 Å². The lowest BCUT2D eigenvalue weighted by atomic mass is 10.2. The van der Waals surface area contributed by atoms with Crippen molar-refractivity contribution in [3.8, 4) is 0 Å². The number of aryl methyl sites for hydroxylation is 2. The molecule has 5 heteroatoms. The molecule has 0 aliphatic heterocycles.